The van der Waals surface area contributed by atoms with Crippen LogP contribution in [-0.2, 0) is 4.79 Å². The van der Waals surface area contributed by atoms with E-state index in [4.69, 9.17) is 4.42 Å². The largest absolute Gasteiger partial charge is 0.455 e. The Labute approximate surface area is 164 Å². The lowest BCUT2D eigenvalue weighted by Gasteiger charge is -2.05. The van der Waals surface area contributed by atoms with Crippen molar-refractivity contribution in [1.29, 1.82) is 0 Å². The molecule has 0 radical (unpaired) electrons. The molecule has 0 bridgehead atoms. The maximum atomic E-state index is 12.4. The zero-order chi connectivity index (χ0) is 20.3. The van der Waals surface area contributed by atoms with E-state index >= 15 is 0 Å². The molecular weight excluding hydrogens is 348 g/mol. The van der Waals surface area contributed by atoms with Gasteiger partial charge in [-0.3, -0.25) is 9.59 Å². The summed E-state index contributed by atoms with van der Waals surface area (Å²) in [7, 11) is 0. The van der Waals surface area contributed by atoms with Gasteiger partial charge in [0.2, 0.25) is 5.78 Å². The normalized spacial score (nSPS) is 11.5. The summed E-state index contributed by atoms with van der Waals surface area (Å²) in [5.74, 6) is 0.302. The van der Waals surface area contributed by atoms with Gasteiger partial charge in [-0.2, -0.15) is 0 Å². The van der Waals surface area contributed by atoms with Crippen molar-refractivity contribution in [3.8, 4) is 11.3 Å². The number of ketones is 1. The summed E-state index contributed by atoms with van der Waals surface area (Å²) in [5, 5.41) is 2.18. The van der Waals surface area contributed by atoms with Crippen LogP contribution in [0.3, 0.4) is 0 Å². The highest BCUT2D eigenvalue weighted by molar-refractivity contribution is 6.35. The Morgan fingerprint density at radius 3 is 2.61 bits per heavy atom. The number of hydrogen-bond donors (Lipinski definition) is 0. The van der Waals surface area contributed by atoms with E-state index in [1.54, 1.807) is 6.92 Å². The average molecular weight is 370 g/mol. The topological polar surface area (TPSA) is 47.3 Å². The molecule has 2 aromatic carbocycles. The minimum atomic E-state index is -0.600. The van der Waals surface area contributed by atoms with Crippen LogP contribution in [0, 0.1) is 13.8 Å². The molecule has 3 aromatic rings. The molecule has 0 N–H and O–H groups in total. The summed E-state index contributed by atoms with van der Waals surface area (Å²) in [6, 6.07) is 12.0. The first kappa shape index (κ1) is 19.3. The maximum Gasteiger partial charge on any atom is 0.229 e. The van der Waals surface area contributed by atoms with E-state index in [-0.39, 0.29) is 5.56 Å². The number of allylic oxidation sites excluding steroid dienone is 5. The fourth-order valence-electron chi connectivity index (χ4n) is 3.32. The lowest BCUT2D eigenvalue weighted by Crippen LogP contribution is -2.02. The Morgan fingerprint density at radius 1 is 1.11 bits per heavy atom. The number of aldehydes is 1. The molecule has 0 aliphatic heterocycles. The first-order valence-corrected chi connectivity index (χ1v) is 9.09. The van der Waals surface area contributed by atoms with Crippen molar-refractivity contribution in [2.24, 2.45) is 0 Å². The van der Waals surface area contributed by atoms with Crippen molar-refractivity contribution >= 4 is 28.4 Å². The second-order valence-electron chi connectivity index (χ2n) is 6.66. The van der Waals surface area contributed by atoms with Crippen LogP contribution >= 0.6 is 0 Å². The number of aryl methyl sites for hydroxylation is 1. The molecule has 0 saturated heterocycles. The van der Waals surface area contributed by atoms with Crippen LogP contribution in [0.25, 0.3) is 27.7 Å². The third kappa shape index (κ3) is 3.52. The van der Waals surface area contributed by atoms with Crippen LogP contribution in [0.15, 0.2) is 71.7 Å². The lowest BCUT2D eigenvalue weighted by atomic mass is 9.97. The summed E-state index contributed by atoms with van der Waals surface area (Å²) in [6.07, 6.45) is 7.78. The van der Waals surface area contributed by atoms with Crippen molar-refractivity contribution in [1.82, 2.24) is 0 Å². The molecule has 28 heavy (non-hydrogen) atoms. The van der Waals surface area contributed by atoms with Crippen LogP contribution in [0.4, 0.5) is 0 Å². The molecule has 0 fully saturated rings. The van der Waals surface area contributed by atoms with Gasteiger partial charge in [-0.15, -0.1) is 0 Å². The molecule has 0 unspecified atom stereocenters. The van der Waals surface area contributed by atoms with E-state index < -0.39 is 5.78 Å². The van der Waals surface area contributed by atoms with Gasteiger partial charge >= 0.3 is 0 Å². The minimum absolute atomic E-state index is 0.289. The number of carbonyl (C=O) groups is 2. The number of benzene rings is 2. The van der Waals surface area contributed by atoms with Gasteiger partial charge in [0.05, 0.1) is 5.56 Å². The molecule has 0 amide bonds. The highest BCUT2D eigenvalue weighted by Crippen LogP contribution is 2.36. The molecule has 140 valence electrons. The molecule has 0 spiro atoms. The average Bonchev–Trinajstić information content (AvgIpc) is 3.04. The van der Waals surface area contributed by atoms with Crippen LogP contribution in [-0.4, -0.2) is 12.1 Å². The van der Waals surface area contributed by atoms with Crippen LogP contribution in [0.2, 0.25) is 0 Å². The predicted molar refractivity (Wildman–Crippen MR) is 115 cm³/mol. The molecule has 3 rings (SSSR count). The Hall–Kier alpha value is -3.46. The fraction of sp³-hybridized carbons (Fsp3) is 0.120. The minimum Gasteiger partial charge on any atom is -0.455 e. The van der Waals surface area contributed by atoms with Gasteiger partial charge < -0.3 is 4.42 Å². The van der Waals surface area contributed by atoms with Gasteiger partial charge in [0.25, 0.3) is 0 Å². The monoisotopic (exact) mass is 370 g/mol. The third-order valence-electron chi connectivity index (χ3n) is 4.75. The summed E-state index contributed by atoms with van der Waals surface area (Å²) in [4.78, 5) is 23.6. The Bertz CT molecular complexity index is 1140. The third-order valence-corrected chi connectivity index (χ3v) is 4.75. The maximum absolute atomic E-state index is 12.4. The molecule has 1 aromatic heterocycles. The zero-order valence-corrected chi connectivity index (χ0v) is 16.3. The molecule has 0 aliphatic carbocycles. The molecule has 3 nitrogen and oxygen atoms in total. The van der Waals surface area contributed by atoms with Crippen LogP contribution in [0.5, 0.6) is 0 Å². The van der Waals surface area contributed by atoms with Crippen molar-refractivity contribution < 1.29 is 14.0 Å². The number of fused-ring (bicyclic) bond motifs is 1. The first-order chi connectivity index (χ1) is 13.5. The first-order valence-electron chi connectivity index (χ1n) is 9.09. The Balaban J connectivity index is 2.19. The van der Waals surface area contributed by atoms with E-state index in [2.05, 4.69) is 19.6 Å². The van der Waals surface area contributed by atoms with E-state index in [1.165, 1.54) is 5.56 Å². The van der Waals surface area contributed by atoms with Crippen LogP contribution < -0.4 is 0 Å². The predicted octanol–water partition coefficient (Wildman–Crippen LogP) is 6.24. The summed E-state index contributed by atoms with van der Waals surface area (Å²) in [5.41, 5.74) is 3.47. The second kappa shape index (κ2) is 8.05. The van der Waals surface area contributed by atoms with Gasteiger partial charge in [-0.05, 0) is 43.2 Å². The van der Waals surface area contributed by atoms with Crippen molar-refractivity contribution in [3.05, 3.63) is 89.7 Å². The number of carbonyl (C=O) groups excluding carboxylic acids is 2. The number of furan rings is 1. The fourth-order valence-corrected chi connectivity index (χ4v) is 3.32. The van der Waals surface area contributed by atoms with E-state index in [0.29, 0.717) is 28.9 Å². The molecular formula is C25H22O3. The summed E-state index contributed by atoms with van der Waals surface area (Å²) >= 11 is 0. The highest BCUT2D eigenvalue weighted by atomic mass is 16.3. The molecule has 1 heterocycles. The number of Topliss-reactive ketones (excluding diaryl/α,β-unsaturated/α-hetero) is 1. The van der Waals surface area contributed by atoms with Gasteiger partial charge in [0, 0.05) is 16.7 Å². The van der Waals surface area contributed by atoms with Crippen molar-refractivity contribution in [2.75, 3.05) is 0 Å². The Kier molecular flexibility index (Phi) is 5.55. The smallest absolute Gasteiger partial charge is 0.229 e. The van der Waals surface area contributed by atoms with Gasteiger partial charge in [-0.25, -0.2) is 0 Å². The quantitative estimate of drug-likeness (QED) is 0.223. The lowest BCUT2D eigenvalue weighted by molar-refractivity contribution is -0.104. The standard InChI is InChI=1S/C25H22O3/c1-5-6-7-9-17(3)24-18(4)23(22(27)15-26)25(28-24)20-12-13-21-16(2)10-8-11-19(21)14-20/h5-15H,3H2,1-2,4H3/b6-5-,9-7?. The van der Waals surface area contributed by atoms with Crippen molar-refractivity contribution in [2.45, 2.75) is 20.8 Å². The molecule has 0 saturated carbocycles. The molecule has 3 heteroatoms. The van der Waals surface area contributed by atoms with E-state index in [1.807, 2.05) is 61.6 Å². The van der Waals surface area contributed by atoms with E-state index in [9.17, 15) is 9.59 Å². The summed E-state index contributed by atoms with van der Waals surface area (Å²) in [6.45, 7) is 9.79. The van der Waals surface area contributed by atoms with Gasteiger partial charge in [0.1, 0.15) is 11.5 Å². The van der Waals surface area contributed by atoms with Gasteiger partial charge in [-0.1, -0.05) is 61.2 Å². The van der Waals surface area contributed by atoms with Crippen molar-refractivity contribution in [3.63, 3.8) is 0 Å². The number of rotatable bonds is 6. The van der Waals surface area contributed by atoms with E-state index in [0.717, 1.165) is 16.3 Å². The van der Waals surface area contributed by atoms with Gasteiger partial charge in [0.15, 0.2) is 6.29 Å². The highest BCUT2D eigenvalue weighted by Gasteiger charge is 2.24. The molecule has 0 aliphatic rings. The summed E-state index contributed by atoms with van der Waals surface area (Å²) < 4.78 is 6.07. The number of hydrogen-bond acceptors (Lipinski definition) is 3. The second-order valence-corrected chi connectivity index (χ2v) is 6.66. The Morgan fingerprint density at radius 2 is 1.89 bits per heavy atom. The zero-order valence-electron chi connectivity index (χ0n) is 16.3. The van der Waals surface area contributed by atoms with Crippen LogP contribution in [0.1, 0.15) is 34.2 Å². The molecule has 0 atom stereocenters. The SMILES string of the molecule is C=C(C=C/C=C\C)c1oc(-c2ccc3c(C)cccc3c2)c(C(=O)C=O)c1C.